The van der Waals surface area contributed by atoms with Gasteiger partial charge in [-0.3, -0.25) is 0 Å². The van der Waals surface area contributed by atoms with Gasteiger partial charge >= 0.3 is 0 Å². The Labute approximate surface area is 125 Å². The largest absolute Gasteiger partial charge is 0.508 e. The van der Waals surface area contributed by atoms with Crippen LogP contribution in [0.15, 0.2) is 42.7 Å². The Bertz CT molecular complexity index is 1020. The first-order valence-electron chi connectivity index (χ1n) is 6.80. The Hall–Kier alpha value is -3.15. The van der Waals surface area contributed by atoms with Crippen LogP contribution in [-0.4, -0.2) is 24.9 Å². The first-order chi connectivity index (χ1) is 10.6. The number of nitrogens with zero attached hydrogens (tertiary/aromatic N) is 4. The molecule has 0 amide bonds. The lowest BCUT2D eigenvalue weighted by molar-refractivity contribution is 0.476. The second kappa shape index (κ2) is 4.42. The van der Waals surface area contributed by atoms with Crippen molar-refractivity contribution in [3.8, 4) is 17.0 Å². The van der Waals surface area contributed by atoms with Gasteiger partial charge in [0.2, 0.25) is 0 Å². The molecule has 0 fully saturated rings. The highest BCUT2D eigenvalue weighted by molar-refractivity contribution is 6.00. The van der Waals surface area contributed by atoms with Crippen LogP contribution in [0.4, 0.5) is 5.82 Å². The highest BCUT2D eigenvalue weighted by atomic mass is 16.3. The molecule has 0 aliphatic rings. The molecule has 0 saturated heterocycles. The van der Waals surface area contributed by atoms with E-state index in [9.17, 15) is 5.11 Å². The van der Waals surface area contributed by atoms with E-state index in [4.69, 9.17) is 5.73 Å². The molecule has 2 heterocycles. The first kappa shape index (κ1) is 12.6. The summed E-state index contributed by atoms with van der Waals surface area (Å²) in [4.78, 5) is 8.30. The zero-order valence-electron chi connectivity index (χ0n) is 11.9. The molecule has 0 radical (unpaired) electrons. The third-order valence-corrected chi connectivity index (χ3v) is 3.75. The molecular weight excluding hydrogens is 278 g/mol. The average Bonchev–Trinajstić information content (AvgIpc) is 2.85. The highest BCUT2D eigenvalue weighted by Gasteiger charge is 2.15. The van der Waals surface area contributed by atoms with Gasteiger partial charge in [-0.05, 0) is 29.0 Å². The second-order valence-electron chi connectivity index (χ2n) is 5.18. The summed E-state index contributed by atoms with van der Waals surface area (Å²) in [7, 11) is 1.83. The standard InChI is InChI=1S/C16H13N5O/c1-21-16-13(15(17)18-8-19-16)14(20-21)11-3-2-10-7-12(22)5-4-9(10)6-11/h2-8,22H,1H3,(H2,17,18,19). The quantitative estimate of drug-likeness (QED) is 0.562. The molecule has 4 aromatic rings. The van der Waals surface area contributed by atoms with Gasteiger partial charge in [-0.25, -0.2) is 14.6 Å². The maximum Gasteiger partial charge on any atom is 0.163 e. The molecule has 0 bridgehead atoms. The van der Waals surface area contributed by atoms with E-state index in [1.807, 2.05) is 31.3 Å². The molecule has 2 aromatic carbocycles. The smallest absolute Gasteiger partial charge is 0.163 e. The lowest BCUT2D eigenvalue weighted by Crippen LogP contribution is -1.95. The zero-order chi connectivity index (χ0) is 15.3. The van der Waals surface area contributed by atoms with Gasteiger partial charge in [-0.1, -0.05) is 18.2 Å². The number of anilines is 1. The number of aromatic hydroxyl groups is 1. The summed E-state index contributed by atoms with van der Waals surface area (Å²) in [5, 5.41) is 16.8. The number of aromatic nitrogens is 4. The molecule has 22 heavy (non-hydrogen) atoms. The van der Waals surface area contributed by atoms with Crippen molar-refractivity contribution in [2.75, 3.05) is 5.73 Å². The normalized spacial score (nSPS) is 11.3. The van der Waals surface area contributed by atoms with Gasteiger partial charge in [-0.15, -0.1) is 0 Å². The maximum absolute atomic E-state index is 9.55. The topological polar surface area (TPSA) is 89.8 Å². The van der Waals surface area contributed by atoms with Gasteiger partial charge in [-0.2, -0.15) is 5.10 Å². The van der Waals surface area contributed by atoms with Crippen molar-refractivity contribution in [3.05, 3.63) is 42.7 Å². The number of nitrogens with two attached hydrogens (primary N) is 1. The predicted molar refractivity (Wildman–Crippen MR) is 85.3 cm³/mol. The summed E-state index contributed by atoms with van der Waals surface area (Å²) >= 11 is 0. The fraction of sp³-hybridized carbons (Fsp3) is 0.0625. The molecule has 0 spiro atoms. The Kier molecular flexibility index (Phi) is 2.53. The van der Waals surface area contributed by atoms with Crippen LogP contribution in [0.5, 0.6) is 5.75 Å². The summed E-state index contributed by atoms with van der Waals surface area (Å²) in [6, 6.07) is 11.2. The second-order valence-corrected chi connectivity index (χ2v) is 5.18. The number of nitrogen functional groups attached to an aromatic ring is 1. The summed E-state index contributed by atoms with van der Waals surface area (Å²) < 4.78 is 1.70. The predicted octanol–water partition coefficient (Wildman–Crippen LogP) is 2.47. The fourth-order valence-corrected chi connectivity index (χ4v) is 2.69. The van der Waals surface area contributed by atoms with Crippen LogP contribution in [0, 0.1) is 0 Å². The number of aryl methyl sites for hydroxylation is 1. The van der Waals surface area contributed by atoms with Crippen molar-refractivity contribution in [1.29, 1.82) is 0 Å². The van der Waals surface area contributed by atoms with E-state index in [1.54, 1.807) is 16.8 Å². The number of hydrogen-bond donors (Lipinski definition) is 2. The first-order valence-corrected chi connectivity index (χ1v) is 6.80. The van der Waals surface area contributed by atoms with E-state index < -0.39 is 0 Å². The summed E-state index contributed by atoms with van der Waals surface area (Å²) in [6.45, 7) is 0. The molecule has 6 heteroatoms. The Morgan fingerprint density at radius 3 is 2.68 bits per heavy atom. The minimum absolute atomic E-state index is 0.251. The Balaban J connectivity index is 2.01. The van der Waals surface area contributed by atoms with Gasteiger partial charge in [0.25, 0.3) is 0 Å². The van der Waals surface area contributed by atoms with Crippen LogP contribution in [0.1, 0.15) is 0 Å². The summed E-state index contributed by atoms with van der Waals surface area (Å²) in [5.41, 5.74) is 8.40. The number of hydrogen-bond acceptors (Lipinski definition) is 5. The minimum atomic E-state index is 0.251. The van der Waals surface area contributed by atoms with Gasteiger partial charge in [0.05, 0.1) is 5.39 Å². The van der Waals surface area contributed by atoms with Crippen LogP contribution in [-0.2, 0) is 7.05 Å². The SMILES string of the molecule is Cn1nc(-c2ccc3cc(O)ccc3c2)c2c(N)ncnc21. The van der Waals surface area contributed by atoms with Gasteiger partial charge in [0.1, 0.15) is 23.6 Å². The third-order valence-electron chi connectivity index (χ3n) is 3.75. The number of phenolic OH excluding ortho intramolecular Hbond substituents is 1. The van der Waals surface area contributed by atoms with Gasteiger partial charge < -0.3 is 10.8 Å². The van der Waals surface area contributed by atoms with Crippen LogP contribution < -0.4 is 5.73 Å². The van der Waals surface area contributed by atoms with Crippen molar-refractivity contribution in [2.24, 2.45) is 7.05 Å². The Morgan fingerprint density at radius 2 is 1.82 bits per heavy atom. The zero-order valence-corrected chi connectivity index (χ0v) is 11.9. The Morgan fingerprint density at radius 1 is 1.05 bits per heavy atom. The average molecular weight is 291 g/mol. The molecule has 2 aromatic heterocycles. The van der Waals surface area contributed by atoms with E-state index >= 15 is 0 Å². The molecule has 0 aliphatic heterocycles. The van der Waals surface area contributed by atoms with Crippen molar-refractivity contribution < 1.29 is 5.11 Å². The van der Waals surface area contributed by atoms with Gasteiger partial charge in [0, 0.05) is 12.6 Å². The van der Waals surface area contributed by atoms with E-state index in [0.29, 0.717) is 11.5 Å². The molecule has 3 N–H and O–H groups in total. The molecule has 6 nitrogen and oxygen atoms in total. The number of benzene rings is 2. The molecule has 4 rings (SSSR count). The molecular formula is C16H13N5O. The van der Waals surface area contributed by atoms with Crippen molar-refractivity contribution in [2.45, 2.75) is 0 Å². The monoisotopic (exact) mass is 291 g/mol. The summed E-state index contributed by atoms with van der Waals surface area (Å²) in [6.07, 6.45) is 1.44. The van der Waals surface area contributed by atoms with Crippen LogP contribution >= 0.6 is 0 Å². The van der Waals surface area contributed by atoms with E-state index in [2.05, 4.69) is 15.1 Å². The number of fused-ring (bicyclic) bond motifs is 2. The fourth-order valence-electron chi connectivity index (χ4n) is 2.69. The molecule has 0 aliphatic carbocycles. The van der Waals surface area contributed by atoms with E-state index in [1.165, 1.54) is 6.33 Å². The minimum Gasteiger partial charge on any atom is -0.508 e. The van der Waals surface area contributed by atoms with Crippen LogP contribution in [0.2, 0.25) is 0 Å². The summed E-state index contributed by atoms with van der Waals surface area (Å²) in [5.74, 6) is 0.667. The maximum atomic E-state index is 9.55. The molecule has 0 unspecified atom stereocenters. The highest BCUT2D eigenvalue weighted by Crippen LogP contribution is 2.32. The van der Waals surface area contributed by atoms with Crippen molar-refractivity contribution in [1.82, 2.24) is 19.7 Å². The van der Waals surface area contributed by atoms with E-state index in [-0.39, 0.29) is 5.75 Å². The van der Waals surface area contributed by atoms with E-state index in [0.717, 1.165) is 27.4 Å². The van der Waals surface area contributed by atoms with Crippen molar-refractivity contribution in [3.63, 3.8) is 0 Å². The van der Waals surface area contributed by atoms with Gasteiger partial charge in [0.15, 0.2) is 5.65 Å². The van der Waals surface area contributed by atoms with Crippen molar-refractivity contribution >= 4 is 27.6 Å². The number of phenols is 1. The van der Waals surface area contributed by atoms with Crippen LogP contribution in [0.3, 0.4) is 0 Å². The lowest BCUT2D eigenvalue weighted by atomic mass is 10.0. The third kappa shape index (κ3) is 1.77. The number of rotatable bonds is 1. The molecule has 108 valence electrons. The molecule has 0 saturated carbocycles. The van der Waals surface area contributed by atoms with Crippen LogP contribution in [0.25, 0.3) is 33.1 Å². The lowest BCUT2D eigenvalue weighted by Gasteiger charge is -2.03. The molecule has 0 atom stereocenters.